The molecule has 0 saturated carbocycles. The van der Waals surface area contributed by atoms with E-state index in [0.717, 1.165) is 6.54 Å². The largest absolute Gasteiger partial charge is 0.544 e. The predicted molar refractivity (Wildman–Crippen MR) is 143 cm³/mol. The Morgan fingerprint density at radius 3 is 1.54 bits per heavy atom. The van der Waals surface area contributed by atoms with Crippen LogP contribution in [0, 0.1) is 0 Å². The summed E-state index contributed by atoms with van der Waals surface area (Å²) in [7, 11) is 0. The lowest BCUT2D eigenvalue weighted by Gasteiger charge is -2.19. The molecular weight excluding hydrogens is 568 g/mol. The van der Waals surface area contributed by atoms with E-state index in [2.05, 4.69) is 31.1 Å². The highest BCUT2D eigenvalue weighted by molar-refractivity contribution is 5.70. The van der Waals surface area contributed by atoms with E-state index in [1.54, 1.807) is 20.8 Å². The fourth-order valence-electron chi connectivity index (χ4n) is 1.15. The van der Waals surface area contributed by atoms with Gasteiger partial charge in [0.15, 0.2) is 0 Å². The van der Waals surface area contributed by atoms with Crippen molar-refractivity contribution < 1.29 is 62.1 Å². The van der Waals surface area contributed by atoms with Crippen molar-refractivity contribution in [3.8, 4) is 0 Å². The number of carbonyl (C=O) groups is 3. The summed E-state index contributed by atoms with van der Waals surface area (Å²) in [4.78, 5) is 34.1. The molecule has 0 heterocycles. The summed E-state index contributed by atoms with van der Waals surface area (Å²) in [5, 5.41) is 25.2. The number of hydrogen-bond acceptors (Lipinski definition) is 9. The third kappa shape index (κ3) is 72.4. The molecule has 0 rings (SSSR count). The van der Waals surface area contributed by atoms with Gasteiger partial charge in [-0.25, -0.2) is 18.4 Å². The van der Waals surface area contributed by atoms with Gasteiger partial charge in [-0.05, 0) is 31.8 Å². The number of ether oxygens (including phenoxy) is 3. The van der Waals surface area contributed by atoms with E-state index in [9.17, 15) is 22.4 Å². The third-order valence-corrected chi connectivity index (χ3v) is 2.37. The summed E-state index contributed by atoms with van der Waals surface area (Å²) >= 11 is 0. The van der Waals surface area contributed by atoms with Crippen molar-refractivity contribution in [3.05, 3.63) is 20.9 Å². The molecule has 41 heavy (non-hydrogen) atoms. The molecule has 0 aromatic heterocycles. The van der Waals surface area contributed by atoms with E-state index in [1.807, 2.05) is 0 Å². The second-order valence-electron chi connectivity index (χ2n) is 6.67. The molecule has 0 radical (unpaired) electrons. The molecule has 1 amide bonds. The van der Waals surface area contributed by atoms with E-state index in [0.29, 0.717) is 46.1 Å². The van der Waals surface area contributed by atoms with Crippen LogP contribution < -0.4 is 16.2 Å². The van der Waals surface area contributed by atoms with Crippen LogP contribution in [0.5, 0.6) is 0 Å². The number of amides is 1. The minimum atomic E-state index is -3.34. The number of nitrogens with zero attached hydrogens (tertiary/aromatic N) is 6. The van der Waals surface area contributed by atoms with Gasteiger partial charge in [0.25, 0.3) is 6.43 Å². The van der Waals surface area contributed by atoms with Gasteiger partial charge in [0.1, 0.15) is 11.6 Å². The number of rotatable bonds is 13. The number of quaternary nitrogens is 1. The van der Waals surface area contributed by atoms with Crippen molar-refractivity contribution in [2.45, 2.75) is 68.9 Å². The Morgan fingerprint density at radius 1 is 0.902 bits per heavy atom. The van der Waals surface area contributed by atoms with Gasteiger partial charge in [-0.15, -0.1) is 0 Å². The molecule has 0 aliphatic heterocycles. The molecular formula is C21H48F4N8O8. The van der Waals surface area contributed by atoms with Crippen LogP contribution in [0.4, 0.5) is 22.4 Å². The van der Waals surface area contributed by atoms with Crippen molar-refractivity contribution in [1.82, 2.24) is 5.32 Å². The fourth-order valence-corrected chi connectivity index (χ4v) is 1.15. The van der Waals surface area contributed by atoms with Gasteiger partial charge in [0.05, 0.1) is 33.0 Å². The van der Waals surface area contributed by atoms with E-state index in [1.165, 1.54) is 0 Å². The quantitative estimate of drug-likeness (QED) is 0.0906. The molecule has 0 aliphatic rings. The molecule has 5 N–H and O–H groups in total. The highest BCUT2D eigenvalue weighted by Gasteiger charge is 2.15. The minimum absolute atomic E-state index is 0. The summed E-state index contributed by atoms with van der Waals surface area (Å²) in [5.74, 6) is -4.40. The Kier molecular flexibility index (Phi) is 57.2. The number of carboxylic acid groups (broad SMARTS) is 2. The highest BCUT2D eigenvalue weighted by Crippen LogP contribution is 2.05. The normalized spacial score (nSPS) is 8.63. The van der Waals surface area contributed by atoms with Crippen molar-refractivity contribution in [2.24, 2.45) is 10.2 Å². The average molecular weight is 617 g/mol. The van der Waals surface area contributed by atoms with E-state index < -0.39 is 36.5 Å². The van der Waals surface area contributed by atoms with Crippen LogP contribution in [0.15, 0.2) is 10.2 Å². The first-order valence-electron chi connectivity index (χ1n) is 10.1. The molecule has 0 spiro atoms. The van der Waals surface area contributed by atoms with Gasteiger partial charge >= 0.3 is 18.5 Å². The third-order valence-electron chi connectivity index (χ3n) is 2.37. The first-order valence-corrected chi connectivity index (χ1v) is 10.1. The van der Waals surface area contributed by atoms with E-state index in [-0.39, 0.29) is 29.7 Å². The molecule has 0 aliphatic carbocycles. The van der Waals surface area contributed by atoms with Gasteiger partial charge in [0.2, 0.25) is 0 Å². The van der Waals surface area contributed by atoms with Crippen LogP contribution in [-0.4, -0.2) is 94.2 Å². The molecule has 0 unspecified atom stereocenters. The SMILES string of the molecule is C.C.C.C.CC(C)(C)OC(=O)NCCOCCN=[N+]=[N-].O=C(O)C(F)F.O=C([O-])C(F)F.[N-]=[N+]=NCCOCC[NH3+]. The highest BCUT2D eigenvalue weighted by atomic mass is 19.3. The van der Waals surface area contributed by atoms with Crippen molar-refractivity contribution >= 4 is 18.0 Å². The van der Waals surface area contributed by atoms with Gasteiger partial charge in [-0.2, -0.15) is 8.78 Å². The van der Waals surface area contributed by atoms with E-state index >= 15 is 0 Å². The van der Waals surface area contributed by atoms with Crippen LogP contribution in [0.1, 0.15) is 50.5 Å². The predicted octanol–water partition coefficient (Wildman–Crippen LogP) is 3.28. The summed E-state index contributed by atoms with van der Waals surface area (Å²) in [5.41, 5.74) is 18.9. The Hall–Kier alpha value is -3.57. The first-order chi connectivity index (χ1) is 17.2. The molecule has 248 valence electrons. The molecule has 0 aromatic carbocycles. The Morgan fingerprint density at radius 2 is 1.27 bits per heavy atom. The maximum Gasteiger partial charge on any atom is 0.407 e. The van der Waals surface area contributed by atoms with Crippen molar-refractivity contribution in [1.29, 1.82) is 0 Å². The van der Waals surface area contributed by atoms with Crippen molar-refractivity contribution in [3.63, 3.8) is 0 Å². The van der Waals surface area contributed by atoms with Crippen LogP contribution in [0.25, 0.3) is 20.9 Å². The van der Waals surface area contributed by atoms with E-state index in [4.69, 9.17) is 45.1 Å². The zero-order valence-electron chi connectivity index (χ0n) is 20.5. The molecule has 16 nitrogen and oxygen atoms in total. The van der Waals surface area contributed by atoms with Crippen LogP contribution >= 0.6 is 0 Å². The Labute approximate surface area is 238 Å². The van der Waals surface area contributed by atoms with Gasteiger partial charge < -0.3 is 40.3 Å². The maximum absolute atomic E-state index is 11.1. The number of carboxylic acids is 2. The average Bonchev–Trinajstić information content (AvgIpc) is 2.78. The van der Waals surface area contributed by atoms with Gasteiger partial charge in [0, 0.05) is 29.5 Å². The molecule has 20 heteroatoms. The first kappa shape index (κ1) is 57.4. The molecule has 0 atom stereocenters. The van der Waals surface area contributed by atoms with Gasteiger partial charge in [-0.1, -0.05) is 39.9 Å². The van der Waals surface area contributed by atoms with Crippen molar-refractivity contribution in [2.75, 3.05) is 52.6 Å². The molecule has 0 fully saturated rings. The summed E-state index contributed by atoms with van der Waals surface area (Å²) in [6.07, 6.45) is -7.04. The number of aliphatic carboxylic acids is 2. The topological polar surface area (TPSA) is 259 Å². The number of hydrogen-bond donors (Lipinski definition) is 3. The maximum atomic E-state index is 11.1. The fraction of sp³-hybridized carbons (Fsp3) is 0.857. The zero-order chi connectivity index (χ0) is 29.7. The standard InChI is InChI=1S/C9H18N4O3.C4H10N4O.2C2H2F2O2.4CH4/c1-9(2,3)16-8(14)11-4-6-15-7-5-12-13-10;5-1-3-9-4-2-7-8-6;2*3-1(4)2(5)6;;;;/h4-7H2,1-3H3,(H,11,14);1-5H2;2*1H,(H,5,6);4*1H4. The lowest BCUT2D eigenvalue weighted by molar-refractivity contribution is -0.374. The van der Waals surface area contributed by atoms with Crippen LogP contribution in [0.2, 0.25) is 0 Å². The number of halogens is 4. The van der Waals surface area contributed by atoms with Crippen LogP contribution in [0.3, 0.4) is 0 Å². The molecule has 0 bridgehead atoms. The smallest absolute Gasteiger partial charge is 0.407 e. The number of alkyl halides is 4. The molecule has 0 aromatic rings. The number of azide groups is 2. The zero-order valence-corrected chi connectivity index (χ0v) is 20.5. The lowest BCUT2D eigenvalue weighted by atomic mass is 10.2. The number of nitrogens with one attached hydrogen (secondary N) is 1. The van der Waals surface area contributed by atoms with Gasteiger partial charge in [-0.3, -0.25) is 0 Å². The second kappa shape index (κ2) is 40.9. The lowest BCUT2D eigenvalue weighted by Crippen LogP contribution is -2.52. The monoisotopic (exact) mass is 616 g/mol. The molecule has 0 saturated heterocycles. The van der Waals surface area contributed by atoms with Crippen LogP contribution in [-0.2, 0) is 23.8 Å². The summed E-state index contributed by atoms with van der Waals surface area (Å²) in [6, 6.07) is 0. The Bertz CT molecular complexity index is 687. The number of alkyl carbamates (subject to hydrolysis) is 1. The second-order valence-corrected chi connectivity index (χ2v) is 6.67. The summed E-state index contributed by atoms with van der Waals surface area (Å²) < 4.78 is 57.2. The Balaban J connectivity index is -0.0000000625. The number of carbonyl (C=O) groups excluding carboxylic acids is 2. The minimum Gasteiger partial charge on any atom is -0.544 e. The summed E-state index contributed by atoms with van der Waals surface area (Å²) in [6.45, 7) is 9.07.